The van der Waals surface area contributed by atoms with Gasteiger partial charge in [-0.15, -0.1) is 0 Å². The van der Waals surface area contributed by atoms with Gasteiger partial charge in [0.2, 0.25) is 0 Å². The summed E-state index contributed by atoms with van der Waals surface area (Å²) in [4.78, 5) is 24.5. The van der Waals surface area contributed by atoms with E-state index in [0.717, 1.165) is 17.4 Å². The van der Waals surface area contributed by atoms with Crippen LogP contribution in [0.15, 0.2) is 69.9 Å². The first-order valence-electron chi connectivity index (χ1n) is 7.57. The highest BCUT2D eigenvalue weighted by molar-refractivity contribution is 5.96. The lowest BCUT2D eigenvalue weighted by molar-refractivity contribution is 0.0932. The quantitative estimate of drug-likeness (QED) is 0.748. The van der Waals surface area contributed by atoms with Crippen LogP contribution in [0, 0.1) is 0 Å². The summed E-state index contributed by atoms with van der Waals surface area (Å²) in [5, 5.41) is 3.63. The van der Waals surface area contributed by atoms with Gasteiger partial charge in [0.15, 0.2) is 0 Å². The largest absolute Gasteiger partial charge is 0.422 e. The predicted molar refractivity (Wildman–Crippen MR) is 89.4 cm³/mol. The van der Waals surface area contributed by atoms with Crippen molar-refractivity contribution in [1.29, 1.82) is 0 Å². The van der Waals surface area contributed by atoms with Crippen LogP contribution in [0.2, 0.25) is 0 Å². The second-order valence-electron chi connectivity index (χ2n) is 5.33. The lowest BCUT2D eigenvalue weighted by Gasteiger charge is -2.17. The molecule has 0 radical (unpaired) electrons. The van der Waals surface area contributed by atoms with E-state index >= 15 is 0 Å². The Hall–Kier alpha value is -2.88. The van der Waals surface area contributed by atoms with Crippen molar-refractivity contribution in [2.75, 3.05) is 0 Å². The molecule has 1 N–H and O–H groups in total. The second kappa shape index (κ2) is 6.48. The topological polar surface area (TPSA) is 59.3 Å². The van der Waals surface area contributed by atoms with E-state index in [0.29, 0.717) is 5.58 Å². The average Bonchev–Trinajstić information content (AvgIpc) is 2.59. The van der Waals surface area contributed by atoms with Crippen LogP contribution in [0.5, 0.6) is 0 Å². The lowest BCUT2D eigenvalue weighted by Crippen LogP contribution is -2.31. The Labute approximate surface area is 133 Å². The normalized spacial score (nSPS) is 12.0. The van der Waals surface area contributed by atoms with Gasteiger partial charge in [-0.05, 0) is 24.1 Å². The van der Waals surface area contributed by atoms with Gasteiger partial charge in [-0.25, -0.2) is 4.79 Å². The molecule has 0 saturated heterocycles. The minimum Gasteiger partial charge on any atom is -0.422 e. The summed E-state index contributed by atoms with van der Waals surface area (Å²) in [6, 6.07) is 18.3. The monoisotopic (exact) mass is 307 g/mol. The Morgan fingerprint density at radius 3 is 2.52 bits per heavy atom. The molecule has 1 atom stereocenters. The van der Waals surface area contributed by atoms with Gasteiger partial charge in [-0.2, -0.15) is 0 Å². The number of rotatable bonds is 4. The molecule has 23 heavy (non-hydrogen) atoms. The molecule has 4 nitrogen and oxygen atoms in total. The first-order valence-corrected chi connectivity index (χ1v) is 7.57. The molecule has 3 rings (SSSR count). The highest BCUT2D eigenvalue weighted by Gasteiger charge is 2.18. The van der Waals surface area contributed by atoms with Crippen molar-refractivity contribution in [2.45, 2.75) is 19.4 Å². The molecule has 1 amide bonds. The molecule has 0 saturated carbocycles. The molecule has 1 aromatic heterocycles. The molecule has 0 aliphatic heterocycles. The van der Waals surface area contributed by atoms with Gasteiger partial charge in [-0.1, -0.05) is 55.5 Å². The Morgan fingerprint density at radius 2 is 1.78 bits per heavy atom. The summed E-state index contributed by atoms with van der Waals surface area (Å²) in [5.74, 6) is -0.416. The van der Waals surface area contributed by atoms with Crippen LogP contribution in [-0.2, 0) is 0 Å². The zero-order valence-corrected chi connectivity index (χ0v) is 12.8. The SMILES string of the molecule is CC[C@H](NC(=O)c1cc2ccccc2oc1=O)c1ccccc1. The minimum atomic E-state index is -0.621. The molecule has 4 heteroatoms. The number of amides is 1. The molecule has 116 valence electrons. The molecular formula is C19H17NO3. The molecule has 0 unspecified atom stereocenters. The molecule has 1 heterocycles. The fourth-order valence-electron chi connectivity index (χ4n) is 2.56. The summed E-state index contributed by atoms with van der Waals surface area (Å²) in [6.45, 7) is 1.99. The molecule has 2 aromatic carbocycles. The predicted octanol–water partition coefficient (Wildman–Crippen LogP) is 3.67. The van der Waals surface area contributed by atoms with Crippen molar-refractivity contribution in [3.63, 3.8) is 0 Å². The van der Waals surface area contributed by atoms with E-state index in [-0.39, 0.29) is 11.6 Å². The maximum atomic E-state index is 12.5. The summed E-state index contributed by atoms with van der Waals surface area (Å²) in [7, 11) is 0. The number of fused-ring (bicyclic) bond motifs is 1. The van der Waals surface area contributed by atoms with E-state index in [1.54, 1.807) is 18.2 Å². The van der Waals surface area contributed by atoms with Crippen LogP contribution in [0.25, 0.3) is 11.0 Å². The Morgan fingerprint density at radius 1 is 1.09 bits per heavy atom. The summed E-state index contributed by atoms with van der Waals surface area (Å²) in [6.07, 6.45) is 0.731. The number of para-hydroxylation sites is 1. The van der Waals surface area contributed by atoms with Crippen LogP contribution in [-0.4, -0.2) is 5.91 Å². The molecule has 0 spiro atoms. The van der Waals surface area contributed by atoms with Crippen molar-refractivity contribution < 1.29 is 9.21 Å². The van der Waals surface area contributed by atoms with E-state index in [9.17, 15) is 9.59 Å². The number of carbonyl (C=O) groups is 1. The zero-order valence-electron chi connectivity index (χ0n) is 12.8. The number of carbonyl (C=O) groups excluding carboxylic acids is 1. The first kappa shape index (κ1) is 15.0. The Kier molecular flexibility index (Phi) is 4.24. The van der Waals surface area contributed by atoms with Gasteiger partial charge in [-0.3, -0.25) is 4.79 Å². The van der Waals surface area contributed by atoms with E-state index in [1.165, 1.54) is 0 Å². The van der Waals surface area contributed by atoms with Gasteiger partial charge in [0.1, 0.15) is 11.1 Å². The standard InChI is InChI=1S/C19H17NO3/c1-2-16(13-8-4-3-5-9-13)20-18(21)15-12-14-10-6-7-11-17(14)23-19(15)22/h3-12,16H,2H2,1H3,(H,20,21)/t16-/m0/s1. The fourth-order valence-corrected chi connectivity index (χ4v) is 2.56. The maximum Gasteiger partial charge on any atom is 0.349 e. The number of hydrogen-bond acceptors (Lipinski definition) is 3. The van der Waals surface area contributed by atoms with Crippen molar-refractivity contribution in [3.05, 3.63) is 82.2 Å². The summed E-state index contributed by atoms with van der Waals surface area (Å²) >= 11 is 0. The van der Waals surface area contributed by atoms with Crippen LogP contribution in [0.1, 0.15) is 35.3 Å². The van der Waals surface area contributed by atoms with Crippen LogP contribution in [0.3, 0.4) is 0 Å². The smallest absolute Gasteiger partial charge is 0.349 e. The number of benzene rings is 2. The highest BCUT2D eigenvalue weighted by Crippen LogP contribution is 2.17. The number of hydrogen-bond donors (Lipinski definition) is 1. The van der Waals surface area contributed by atoms with Crippen molar-refractivity contribution in [2.24, 2.45) is 0 Å². The average molecular weight is 307 g/mol. The van der Waals surface area contributed by atoms with Gasteiger partial charge in [0.25, 0.3) is 5.91 Å². The van der Waals surface area contributed by atoms with Gasteiger partial charge in [0.05, 0.1) is 6.04 Å². The van der Waals surface area contributed by atoms with E-state index in [1.807, 2.05) is 49.4 Å². The van der Waals surface area contributed by atoms with Gasteiger partial charge < -0.3 is 9.73 Å². The van der Waals surface area contributed by atoms with E-state index < -0.39 is 11.5 Å². The lowest BCUT2D eigenvalue weighted by atomic mass is 10.0. The van der Waals surface area contributed by atoms with Crippen LogP contribution in [0.4, 0.5) is 0 Å². The molecular weight excluding hydrogens is 290 g/mol. The first-order chi connectivity index (χ1) is 11.2. The van der Waals surface area contributed by atoms with Crippen molar-refractivity contribution in [1.82, 2.24) is 5.32 Å². The number of nitrogens with one attached hydrogen (secondary N) is 1. The molecule has 0 aliphatic carbocycles. The van der Waals surface area contributed by atoms with Crippen LogP contribution >= 0.6 is 0 Å². The fraction of sp³-hybridized carbons (Fsp3) is 0.158. The zero-order chi connectivity index (χ0) is 16.2. The van der Waals surface area contributed by atoms with E-state index in [4.69, 9.17) is 4.42 Å². The minimum absolute atomic E-state index is 0.0260. The summed E-state index contributed by atoms with van der Waals surface area (Å²) < 4.78 is 5.22. The summed E-state index contributed by atoms with van der Waals surface area (Å²) in [5.41, 5.74) is 0.889. The maximum absolute atomic E-state index is 12.5. The second-order valence-corrected chi connectivity index (χ2v) is 5.33. The molecule has 0 fully saturated rings. The molecule has 0 bridgehead atoms. The third-order valence-electron chi connectivity index (χ3n) is 3.80. The van der Waals surface area contributed by atoms with Crippen LogP contribution < -0.4 is 10.9 Å². The third-order valence-corrected chi connectivity index (χ3v) is 3.80. The highest BCUT2D eigenvalue weighted by atomic mass is 16.4. The van der Waals surface area contributed by atoms with E-state index in [2.05, 4.69) is 5.32 Å². The molecule has 0 aliphatic rings. The van der Waals surface area contributed by atoms with Crippen molar-refractivity contribution >= 4 is 16.9 Å². The van der Waals surface area contributed by atoms with Crippen molar-refractivity contribution in [3.8, 4) is 0 Å². The Bertz CT molecular complexity index is 884. The third kappa shape index (κ3) is 3.16. The van der Waals surface area contributed by atoms with Gasteiger partial charge in [0, 0.05) is 5.39 Å². The van der Waals surface area contributed by atoms with Gasteiger partial charge >= 0.3 is 5.63 Å². The Balaban J connectivity index is 1.91. The molecule has 3 aromatic rings.